The van der Waals surface area contributed by atoms with E-state index < -0.39 is 0 Å². The van der Waals surface area contributed by atoms with Crippen molar-refractivity contribution >= 4 is 16.5 Å². The SMILES string of the molecule is c1ccc(C2Cc3ccc4ccccc4c3N2)cc1. The molecule has 1 N–H and O–H groups in total. The Balaban J connectivity index is 1.80. The van der Waals surface area contributed by atoms with Gasteiger partial charge in [0.1, 0.15) is 0 Å². The van der Waals surface area contributed by atoms with Gasteiger partial charge in [0.15, 0.2) is 0 Å². The normalized spacial score (nSPS) is 17.2. The maximum Gasteiger partial charge on any atom is 0.0555 e. The molecule has 3 aromatic rings. The van der Waals surface area contributed by atoms with E-state index in [9.17, 15) is 0 Å². The summed E-state index contributed by atoms with van der Waals surface area (Å²) >= 11 is 0. The van der Waals surface area contributed by atoms with E-state index in [1.165, 1.54) is 27.6 Å². The van der Waals surface area contributed by atoms with Crippen molar-refractivity contribution in [2.24, 2.45) is 0 Å². The lowest BCUT2D eigenvalue weighted by atomic mass is 10.0. The molecule has 0 aliphatic carbocycles. The van der Waals surface area contributed by atoms with Gasteiger partial charge in [0, 0.05) is 11.1 Å². The molecule has 0 saturated heterocycles. The first-order valence-electron chi connectivity index (χ1n) is 6.74. The zero-order valence-corrected chi connectivity index (χ0v) is 10.6. The Hall–Kier alpha value is -2.28. The number of hydrogen-bond donors (Lipinski definition) is 1. The molecule has 1 aliphatic heterocycles. The van der Waals surface area contributed by atoms with Crippen molar-refractivity contribution in [3.63, 3.8) is 0 Å². The molecular formula is C18H15N. The topological polar surface area (TPSA) is 12.0 Å². The molecule has 0 aromatic heterocycles. The first kappa shape index (κ1) is 10.6. The second-order valence-corrected chi connectivity index (χ2v) is 5.13. The van der Waals surface area contributed by atoms with Crippen molar-refractivity contribution < 1.29 is 0 Å². The van der Waals surface area contributed by atoms with E-state index >= 15 is 0 Å². The minimum Gasteiger partial charge on any atom is -0.377 e. The summed E-state index contributed by atoms with van der Waals surface area (Å²) in [6.45, 7) is 0. The lowest BCUT2D eigenvalue weighted by molar-refractivity contribution is 0.824. The summed E-state index contributed by atoms with van der Waals surface area (Å²) in [7, 11) is 0. The third-order valence-electron chi connectivity index (χ3n) is 3.96. The number of fused-ring (bicyclic) bond motifs is 3. The average molecular weight is 245 g/mol. The van der Waals surface area contributed by atoms with Gasteiger partial charge >= 0.3 is 0 Å². The van der Waals surface area contributed by atoms with Gasteiger partial charge in [0.05, 0.1) is 6.04 Å². The zero-order valence-electron chi connectivity index (χ0n) is 10.6. The first-order valence-corrected chi connectivity index (χ1v) is 6.74. The highest BCUT2D eigenvalue weighted by Gasteiger charge is 2.23. The van der Waals surface area contributed by atoms with Crippen LogP contribution in [0.3, 0.4) is 0 Å². The van der Waals surface area contributed by atoms with Gasteiger partial charge in [-0.3, -0.25) is 0 Å². The Bertz CT molecular complexity index is 731. The predicted molar refractivity (Wildman–Crippen MR) is 80.5 cm³/mol. The van der Waals surface area contributed by atoms with E-state index in [0.29, 0.717) is 6.04 Å². The van der Waals surface area contributed by atoms with Gasteiger partial charge in [-0.05, 0) is 22.9 Å². The second-order valence-electron chi connectivity index (χ2n) is 5.13. The summed E-state index contributed by atoms with van der Waals surface area (Å²) in [6.07, 6.45) is 1.07. The lowest BCUT2D eigenvalue weighted by Gasteiger charge is -2.12. The largest absolute Gasteiger partial charge is 0.377 e. The first-order chi connectivity index (χ1) is 9.42. The van der Waals surface area contributed by atoms with Crippen LogP contribution in [-0.2, 0) is 6.42 Å². The number of hydrogen-bond acceptors (Lipinski definition) is 1. The number of anilines is 1. The van der Waals surface area contributed by atoms with Gasteiger partial charge < -0.3 is 5.32 Å². The molecule has 1 nitrogen and oxygen atoms in total. The molecule has 1 heteroatoms. The van der Waals surface area contributed by atoms with Crippen LogP contribution in [0.25, 0.3) is 10.8 Å². The Kier molecular flexibility index (Phi) is 2.31. The molecule has 92 valence electrons. The van der Waals surface area contributed by atoms with Crippen molar-refractivity contribution in [3.8, 4) is 0 Å². The summed E-state index contributed by atoms with van der Waals surface area (Å²) in [5.41, 5.74) is 4.10. The van der Waals surface area contributed by atoms with Gasteiger partial charge in [-0.25, -0.2) is 0 Å². The maximum atomic E-state index is 3.69. The molecule has 1 atom stereocenters. The number of nitrogens with one attached hydrogen (secondary N) is 1. The fourth-order valence-electron chi connectivity index (χ4n) is 2.99. The molecule has 0 bridgehead atoms. The molecule has 4 rings (SSSR count). The molecule has 1 unspecified atom stereocenters. The Morgan fingerprint density at radius 1 is 0.789 bits per heavy atom. The fraction of sp³-hybridized carbons (Fsp3) is 0.111. The zero-order chi connectivity index (χ0) is 12.7. The van der Waals surface area contributed by atoms with Crippen LogP contribution in [0.15, 0.2) is 66.7 Å². The monoisotopic (exact) mass is 245 g/mol. The van der Waals surface area contributed by atoms with Crippen LogP contribution in [0.2, 0.25) is 0 Å². The molecular weight excluding hydrogens is 230 g/mol. The molecule has 3 aromatic carbocycles. The van der Waals surface area contributed by atoms with Crippen LogP contribution in [-0.4, -0.2) is 0 Å². The molecule has 1 heterocycles. The predicted octanol–water partition coefficient (Wildman–Crippen LogP) is 4.55. The van der Waals surface area contributed by atoms with Gasteiger partial charge in [0.25, 0.3) is 0 Å². The van der Waals surface area contributed by atoms with E-state index in [0.717, 1.165) is 6.42 Å². The third-order valence-corrected chi connectivity index (χ3v) is 3.96. The van der Waals surface area contributed by atoms with Gasteiger partial charge in [-0.2, -0.15) is 0 Å². The highest BCUT2D eigenvalue weighted by Crippen LogP contribution is 2.38. The number of rotatable bonds is 1. The molecule has 0 fully saturated rings. The van der Waals surface area contributed by atoms with E-state index in [-0.39, 0.29) is 0 Å². The minimum absolute atomic E-state index is 0.405. The molecule has 19 heavy (non-hydrogen) atoms. The minimum atomic E-state index is 0.405. The molecule has 0 amide bonds. The molecule has 0 spiro atoms. The van der Waals surface area contributed by atoms with Crippen LogP contribution >= 0.6 is 0 Å². The highest BCUT2D eigenvalue weighted by molar-refractivity contribution is 5.96. The van der Waals surface area contributed by atoms with Crippen LogP contribution < -0.4 is 5.32 Å². The van der Waals surface area contributed by atoms with E-state index in [2.05, 4.69) is 72.0 Å². The van der Waals surface area contributed by atoms with Crippen molar-refractivity contribution in [2.75, 3.05) is 5.32 Å². The molecule has 1 aliphatic rings. The van der Waals surface area contributed by atoms with Gasteiger partial charge in [-0.15, -0.1) is 0 Å². The van der Waals surface area contributed by atoms with Crippen LogP contribution in [0, 0.1) is 0 Å². The molecule has 0 saturated carbocycles. The third kappa shape index (κ3) is 1.70. The lowest BCUT2D eigenvalue weighted by Crippen LogP contribution is -2.05. The summed E-state index contributed by atoms with van der Waals surface area (Å²) in [5.74, 6) is 0. The summed E-state index contributed by atoms with van der Waals surface area (Å²) in [6, 6.07) is 24.2. The fourth-order valence-corrected chi connectivity index (χ4v) is 2.99. The van der Waals surface area contributed by atoms with E-state index in [1.807, 2.05) is 0 Å². The van der Waals surface area contributed by atoms with Crippen LogP contribution in [0.4, 0.5) is 5.69 Å². The Morgan fingerprint density at radius 2 is 1.58 bits per heavy atom. The second kappa shape index (κ2) is 4.13. The number of benzene rings is 3. The van der Waals surface area contributed by atoms with Crippen molar-refractivity contribution in [1.82, 2.24) is 0 Å². The van der Waals surface area contributed by atoms with Crippen molar-refractivity contribution in [2.45, 2.75) is 12.5 Å². The van der Waals surface area contributed by atoms with E-state index in [1.54, 1.807) is 0 Å². The van der Waals surface area contributed by atoms with Crippen molar-refractivity contribution in [1.29, 1.82) is 0 Å². The summed E-state index contributed by atoms with van der Waals surface area (Å²) in [5, 5.41) is 6.33. The molecule has 0 radical (unpaired) electrons. The highest BCUT2D eigenvalue weighted by atomic mass is 15.0. The maximum absolute atomic E-state index is 3.69. The quantitative estimate of drug-likeness (QED) is 0.663. The average Bonchev–Trinajstić information content (AvgIpc) is 2.93. The van der Waals surface area contributed by atoms with Gasteiger partial charge in [0.2, 0.25) is 0 Å². The summed E-state index contributed by atoms with van der Waals surface area (Å²) in [4.78, 5) is 0. The van der Waals surface area contributed by atoms with Crippen LogP contribution in [0.5, 0.6) is 0 Å². The standard InChI is InChI=1S/C18H15N/c1-2-7-14(8-3-1)17-12-15-11-10-13-6-4-5-9-16(13)18(15)19-17/h1-11,17,19H,12H2. The van der Waals surface area contributed by atoms with Crippen molar-refractivity contribution in [3.05, 3.63) is 77.9 Å². The van der Waals surface area contributed by atoms with Gasteiger partial charge in [-0.1, -0.05) is 66.7 Å². The van der Waals surface area contributed by atoms with Crippen LogP contribution in [0.1, 0.15) is 17.2 Å². The summed E-state index contributed by atoms with van der Waals surface area (Å²) < 4.78 is 0. The Morgan fingerprint density at radius 3 is 2.47 bits per heavy atom. The smallest absolute Gasteiger partial charge is 0.0555 e. The Labute approximate surface area is 112 Å². The van der Waals surface area contributed by atoms with E-state index in [4.69, 9.17) is 0 Å².